The van der Waals surface area contributed by atoms with Gasteiger partial charge in [0.15, 0.2) is 11.6 Å². The zero-order valence-corrected chi connectivity index (χ0v) is 15.0. The average Bonchev–Trinajstić information content (AvgIpc) is 2.58. The lowest BCUT2D eigenvalue weighted by atomic mass is 9.96. The van der Waals surface area contributed by atoms with Gasteiger partial charge in [-0.25, -0.2) is 8.78 Å². The van der Waals surface area contributed by atoms with Crippen LogP contribution in [-0.4, -0.2) is 38.2 Å². The molecular weight excluding hydrogens is 334 g/mol. The lowest BCUT2D eigenvalue weighted by molar-refractivity contribution is 0.155. The summed E-state index contributed by atoms with van der Waals surface area (Å²) in [5.74, 6) is -0.956. The van der Waals surface area contributed by atoms with Crippen molar-refractivity contribution in [3.8, 4) is 5.75 Å². The lowest BCUT2D eigenvalue weighted by Gasteiger charge is -2.35. The third-order valence-corrected chi connectivity index (χ3v) is 4.37. The Balaban J connectivity index is 0.00000288. The van der Waals surface area contributed by atoms with E-state index in [1.165, 1.54) is 19.2 Å². The van der Waals surface area contributed by atoms with Crippen molar-refractivity contribution in [2.45, 2.75) is 31.7 Å². The van der Waals surface area contributed by atoms with Gasteiger partial charge < -0.3 is 10.1 Å². The molecule has 0 amide bonds. The first-order valence-corrected chi connectivity index (χ1v) is 8.26. The molecule has 0 aromatic heterocycles. The number of methoxy groups -OCH3 is 1. The Morgan fingerprint density at radius 1 is 1.29 bits per heavy atom. The predicted octanol–water partition coefficient (Wildman–Crippen LogP) is 4.09. The molecule has 6 heteroatoms. The zero-order chi connectivity index (χ0) is 16.7. The number of hydrogen-bond donors (Lipinski definition) is 1. The van der Waals surface area contributed by atoms with E-state index in [1.54, 1.807) is 0 Å². The topological polar surface area (TPSA) is 24.5 Å². The molecule has 0 unspecified atom stereocenters. The van der Waals surface area contributed by atoms with E-state index < -0.39 is 11.6 Å². The van der Waals surface area contributed by atoms with Crippen LogP contribution in [0.2, 0.25) is 0 Å². The summed E-state index contributed by atoms with van der Waals surface area (Å²) in [6.07, 6.45) is 5.44. The number of piperazine rings is 1. The molecule has 3 nitrogen and oxygen atoms in total. The predicted molar refractivity (Wildman–Crippen MR) is 96.0 cm³/mol. The van der Waals surface area contributed by atoms with Crippen LogP contribution in [0.3, 0.4) is 0 Å². The van der Waals surface area contributed by atoms with Gasteiger partial charge >= 0.3 is 0 Å². The van der Waals surface area contributed by atoms with Gasteiger partial charge in [0.1, 0.15) is 5.82 Å². The maximum absolute atomic E-state index is 14.7. The number of rotatable bonds is 8. The van der Waals surface area contributed by atoms with E-state index in [-0.39, 0.29) is 29.8 Å². The normalized spacial score (nSPS) is 16.3. The number of unbranched alkanes of at least 4 members (excludes halogenated alkanes) is 2. The molecule has 1 heterocycles. The summed E-state index contributed by atoms with van der Waals surface area (Å²) >= 11 is 0. The first-order valence-electron chi connectivity index (χ1n) is 8.26. The molecule has 0 bridgehead atoms. The third kappa shape index (κ3) is 5.16. The molecule has 1 aliphatic heterocycles. The molecule has 2 rings (SSSR count). The maximum Gasteiger partial charge on any atom is 0.172 e. The SMILES string of the molecule is C=CCCCC[C@H](c1c(F)ccc(OC)c1F)N1CCNCC1.Cl. The smallest absolute Gasteiger partial charge is 0.172 e. The molecule has 1 atom stereocenters. The number of hydrogen-bond acceptors (Lipinski definition) is 3. The van der Waals surface area contributed by atoms with E-state index in [2.05, 4.69) is 16.8 Å². The molecule has 1 aromatic rings. The van der Waals surface area contributed by atoms with E-state index in [4.69, 9.17) is 4.74 Å². The van der Waals surface area contributed by atoms with Crippen LogP contribution in [0.4, 0.5) is 8.78 Å². The highest BCUT2D eigenvalue weighted by atomic mass is 35.5. The molecular formula is C18H27ClF2N2O. The minimum absolute atomic E-state index is 0. The van der Waals surface area contributed by atoms with Crippen molar-refractivity contribution < 1.29 is 13.5 Å². The highest BCUT2D eigenvalue weighted by Crippen LogP contribution is 2.34. The van der Waals surface area contributed by atoms with Gasteiger partial charge in [0, 0.05) is 37.8 Å². The fraction of sp³-hybridized carbons (Fsp3) is 0.556. The molecule has 24 heavy (non-hydrogen) atoms. The second-order valence-corrected chi connectivity index (χ2v) is 5.85. The Morgan fingerprint density at radius 2 is 2.00 bits per heavy atom. The summed E-state index contributed by atoms with van der Waals surface area (Å²) in [7, 11) is 1.41. The van der Waals surface area contributed by atoms with Gasteiger partial charge in [-0.1, -0.05) is 12.5 Å². The molecule has 0 aliphatic carbocycles. The van der Waals surface area contributed by atoms with E-state index in [0.29, 0.717) is 0 Å². The second kappa shape index (κ2) is 10.6. The fourth-order valence-electron chi connectivity index (χ4n) is 3.14. The molecule has 136 valence electrons. The van der Waals surface area contributed by atoms with Crippen LogP contribution in [-0.2, 0) is 0 Å². The van der Waals surface area contributed by atoms with Crippen LogP contribution in [0.25, 0.3) is 0 Å². The largest absolute Gasteiger partial charge is 0.494 e. The van der Waals surface area contributed by atoms with Gasteiger partial charge in [0.2, 0.25) is 0 Å². The number of benzene rings is 1. The van der Waals surface area contributed by atoms with Crippen LogP contribution < -0.4 is 10.1 Å². The Kier molecular flexibility index (Phi) is 9.26. The van der Waals surface area contributed by atoms with Crippen LogP contribution >= 0.6 is 12.4 Å². The van der Waals surface area contributed by atoms with Crippen LogP contribution in [0.1, 0.15) is 37.3 Å². The molecule has 1 aliphatic rings. The zero-order valence-electron chi connectivity index (χ0n) is 14.2. The van der Waals surface area contributed by atoms with Gasteiger partial charge in [-0.05, 0) is 31.4 Å². The van der Waals surface area contributed by atoms with Crippen molar-refractivity contribution >= 4 is 12.4 Å². The van der Waals surface area contributed by atoms with E-state index >= 15 is 0 Å². The number of nitrogens with one attached hydrogen (secondary N) is 1. The molecule has 1 saturated heterocycles. The van der Waals surface area contributed by atoms with Crippen LogP contribution in [0, 0.1) is 11.6 Å². The number of halogens is 3. The minimum Gasteiger partial charge on any atom is -0.494 e. The summed E-state index contributed by atoms with van der Waals surface area (Å²) in [4.78, 5) is 2.17. The van der Waals surface area contributed by atoms with Gasteiger partial charge in [-0.2, -0.15) is 0 Å². The second-order valence-electron chi connectivity index (χ2n) is 5.85. The van der Waals surface area contributed by atoms with Crippen molar-refractivity contribution in [3.63, 3.8) is 0 Å². The van der Waals surface area contributed by atoms with E-state index in [9.17, 15) is 8.78 Å². The molecule has 1 N–H and O–H groups in total. The summed E-state index contributed by atoms with van der Waals surface area (Å²) in [6.45, 7) is 7.00. The first kappa shape index (κ1) is 20.9. The summed E-state index contributed by atoms with van der Waals surface area (Å²) in [5.41, 5.74) is 0.143. The molecule has 0 spiro atoms. The Hall–Kier alpha value is -1.17. The van der Waals surface area contributed by atoms with Crippen molar-refractivity contribution in [1.82, 2.24) is 10.2 Å². The maximum atomic E-state index is 14.7. The monoisotopic (exact) mass is 360 g/mol. The van der Waals surface area contributed by atoms with Crippen LogP contribution in [0.5, 0.6) is 5.75 Å². The first-order chi connectivity index (χ1) is 11.2. The minimum atomic E-state index is -0.570. The molecule has 1 fully saturated rings. The van der Waals surface area contributed by atoms with Crippen molar-refractivity contribution in [3.05, 3.63) is 42.0 Å². The standard InChI is InChI=1S/C18H26F2N2O.ClH/c1-3-4-5-6-7-15(22-12-10-21-11-13-22)17-14(19)8-9-16(23-2)18(17)20;/h3,8-9,15,21H,1,4-7,10-13H2,2H3;1H/t15-;/m1./s1. The highest BCUT2D eigenvalue weighted by molar-refractivity contribution is 5.85. The Labute approximate surface area is 149 Å². The average molecular weight is 361 g/mol. The van der Waals surface area contributed by atoms with Gasteiger partial charge in [0.05, 0.1) is 7.11 Å². The van der Waals surface area contributed by atoms with Crippen LogP contribution in [0.15, 0.2) is 24.8 Å². The van der Waals surface area contributed by atoms with Crippen molar-refractivity contribution in [2.75, 3.05) is 33.3 Å². The Morgan fingerprint density at radius 3 is 2.62 bits per heavy atom. The van der Waals surface area contributed by atoms with Crippen molar-refractivity contribution in [2.24, 2.45) is 0 Å². The summed E-state index contributed by atoms with van der Waals surface area (Å²) in [6, 6.07) is 2.40. The highest BCUT2D eigenvalue weighted by Gasteiger charge is 2.28. The van der Waals surface area contributed by atoms with E-state index in [0.717, 1.165) is 51.9 Å². The molecule has 0 radical (unpaired) electrons. The van der Waals surface area contributed by atoms with E-state index in [1.807, 2.05) is 6.08 Å². The third-order valence-electron chi connectivity index (χ3n) is 4.37. The summed E-state index contributed by atoms with van der Waals surface area (Å²) < 4.78 is 34.1. The lowest BCUT2D eigenvalue weighted by Crippen LogP contribution is -2.45. The van der Waals surface area contributed by atoms with Crippen molar-refractivity contribution in [1.29, 1.82) is 0 Å². The quantitative estimate of drug-likeness (QED) is 0.558. The number of ether oxygens (including phenoxy) is 1. The van der Waals surface area contributed by atoms with Gasteiger partial charge in [-0.15, -0.1) is 19.0 Å². The summed E-state index contributed by atoms with van der Waals surface area (Å²) in [5, 5.41) is 3.28. The molecule has 0 saturated carbocycles. The fourth-order valence-corrected chi connectivity index (χ4v) is 3.14. The number of allylic oxidation sites excluding steroid dienone is 1. The van der Waals surface area contributed by atoms with Gasteiger partial charge in [-0.3, -0.25) is 4.90 Å². The number of nitrogens with zero attached hydrogens (tertiary/aromatic N) is 1. The Bertz CT molecular complexity index is 522. The molecule has 1 aromatic carbocycles. The van der Waals surface area contributed by atoms with Gasteiger partial charge in [0.25, 0.3) is 0 Å².